The van der Waals surface area contributed by atoms with Crippen LogP contribution < -0.4 is 0 Å². The lowest BCUT2D eigenvalue weighted by atomic mass is 10.1. The van der Waals surface area contributed by atoms with E-state index in [2.05, 4.69) is 38.8 Å². The monoisotopic (exact) mass is 153 g/mol. The zero-order chi connectivity index (χ0) is 8.85. The van der Waals surface area contributed by atoms with Crippen LogP contribution in [0.15, 0.2) is 16.8 Å². The van der Waals surface area contributed by atoms with Gasteiger partial charge in [0, 0.05) is 11.9 Å². The minimum absolute atomic E-state index is 0.536. The molecule has 0 aliphatic rings. The summed E-state index contributed by atoms with van der Waals surface area (Å²) in [5, 5.41) is 0. The minimum atomic E-state index is 0.536. The van der Waals surface area contributed by atoms with E-state index in [9.17, 15) is 0 Å². The van der Waals surface area contributed by atoms with E-state index in [0.29, 0.717) is 11.8 Å². The minimum Gasteiger partial charge on any atom is -0.266 e. The number of allylic oxidation sites excluding steroid dienone is 2. The smallest absolute Gasteiger partial charge is 0.0387 e. The van der Waals surface area contributed by atoms with E-state index in [0.717, 1.165) is 0 Å². The van der Waals surface area contributed by atoms with Gasteiger partial charge in [0.05, 0.1) is 0 Å². The van der Waals surface area contributed by atoms with Gasteiger partial charge < -0.3 is 0 Å². The Kier molecular flexibility index (Phi) is 4.84. The van der Waals surface area contributed by atoms with Gasteiger partial charge in [0.15, 0.2) is 0 Å². The Morgan fingerprint density at radius 1 is 1.18 bits per heavy atom. The van der Waals surface area contributed by atoms with Crippen molar-refractivity contribution in [2.75, 3.05) is 0 Å². The predicted molar refractivity (Wildman–Crippen MR) is 51.9 cm³/mol. The second-order valence-corrected chi connectivity index (χ2v) is 3.38. The third-order valence-corrected chi connectivity index (χ3v) is 1.37. The van der Waals surface area contributed by atoms with Gasteiger partial charge in [0.1, 0.15) is 0 Å². The molecule has 1 nitrogen and oxygen atoms in total. The number of rotatable bonds is 3. The van der Waals surface area contributed by atoms with E-state index in [-0.39, 0.29) is 0 Å². The fourth-order valence-electron chi connectivity index (χ4n) is 0.875. The second-order valence-electron chi connectivity index (χ2n) is 3.38. The summed E-state index contributed by atoms with van der Waals surface area (Å²) in [5.41, 5.74) is 1.20. The third-order valence-electron chi connectivity index (χ3n) is 1.37. The quantitative estimate of drug-likeness (QED) is 0.552. The molecule has 0 fully saturated rings. The molecule has 0 amide bonds. The van der Waals surface area contributed by atoms with Crippen molar-refractivity contribution in [3.63, 3.8) is 0 Å². The Morgan fingerprint density at radius 3 is 2.00 bits per heavy atom. The Hall–Kier alpha value is -0.590. The fraction of sp³-hybridized carbons (Fsp3) is 0.700. The van der Waals surface area contributed by atoms with Crippen LogP contribution in [0.25, 0.3) is 0 Å². The average molecular weight is 153 g/mol. The predicted octanol–water partition coefficient (Wildman–Crippen LogP) is 3.27. The van der Waals surface area contributed by atoms with E-state index in [1.165, 1.54) is 5.70 Å². The maximum atomic E-state index is 4.30. The zero-order valence-electron chi connectivity index (χ0n) is 8.26. The van der Waals surface area contributed by atoms with Gasteiger partial charge in [-0.05, 0) is 18.8 Å². The first kappa shape index (κ1) is 10.4. The topological polar surface area (TPSA) is 12.4 Å². The van der Waals surface area contributed by atoms with E-state index < -0.39 is 0 Å². The van der Waals surface area contributed by atoms with E-state index in [1.54, 1.807) is 0 Å². The highest BCUT2D eigenvalue weighted by atomic mass is 14.7. The molecular weight excluding hydrogens is 134 g/mol. The van der Waals surface area contributed by atoms with Crippen molar-refractivity contribution >= 4 is 6.21 Å². The van der Waals surface area contributed by atoms with Crippen LogP contribution in [0.4, 0.5) is 0 Å². The normalized spacial score (nSPS) is 13.9. The molecule has 0 rings (SSSR count). The molecule has 0 aliphatic carbocycles. The molecule has 0 heterocycles. The molecule has 0 aromatic rings. The molecule has 11 heavy (non-hydrogen) atoms. The summed E-state index contributed by atoms with van der Waals surface area (Å²) in [4.78, 5) is 4.30. The molecule has 0 unspecified atom stereocenters. The summed E-state index contributed by atoms with van der Waals surface area (Å²) in [6.45, 7) is 10.6. The molecule has 0 N–H and O–H groups in total. The van der Waals surface area contributed by atoms with Gasteiger partial charge in [0.2, 0.25) is 0 Å². The summed E-state index contributed by atoms with van der Waals surface area (Å²) in [6, 6.07) is 0. The summed E-state index contributed by atoms with van der Waals surface area (Å²) in [7, 11) is 0. The molecule has 0 saturated carbocycles. The molecule has 64 valence electrons. The van der Waals surface area contributed by atoms with Crippen molar-refractivity contribution in [1.82, 2.24) is 0 Å². The molecule has 1 heteroatoms. The number of nitrogens with zero attached hydrogens (tertiary/aromatic N) is 1. The van der Waals surface area contributed by atoms with Gasteiger partial charge in [-0.25, -0.2) is 0 Å². The van der Waals surface area contributed by atoms with Crippen molar-refractivity contribution in [2.24, 2.45) is 16.8 Å². The van der Waals surface area contributed by atoms with Crippen LogP contribution in [0.5, 0.6) is 0 Å². The summed E-state index contributed by atoms with van der Waals surface area (Å²) in [6.07, 6.45) is 4.07. The van der Waals surface area contributed by atoms with Crippen molar-refractivity contribution in [3.05, 3.63) is 11.8 Å². The van der Waals surface area contributed by atoms with Gasteiger partial charge in [-0.3, -0.25) is 4.99 Å². The van der Waals surface area contributed by atoms with Crippen LogP contribution in [0.3, 0.4) is 0 Å². The fourth-order valence-corrected chi connectivity index (χ4v) is 0.875. The van der Waals surface area contributed by atoms with Gasteiger partial charge in [-0.15, -0.1) is 0 Å². The van der Waals surface area contributed by atoms with Gasteiger partial charge in [-0.1, -0.05) is 33.8 Å². The number of aliphatic imine (C=N–C) groups is 1. The van der Waals surface area contributed by atoms with E-state index in [1.807, 2.05) is 13.1 Å². The van der Waals surface area contributed by atoms with Crippen molar-refractivity contribution in [1.29, 1.82) is 0 Å². The molecule has 0 radical (unpaired) electrons. The highest BCUT2D eigenvalue weighted by molar-refractivity contribution is 5.55. The van der Waals surface area contributed by atoms with Crippen LogP contribution in [0.1, 0.15) is 34.6 Å². The Labute approximate surface area is 70.2 Å². The number of hydrogen-bond acceptors (Lipinski definition) is 1. The zero-order valence-corrected chi connectivity index (χ0v) is 8.26. The summed E-state index contributed by atoms with van der Waals surface area (Å²) < 4.78 is 0. The Balaban J connectivity index is 4.33. The average Bonchev–Trinajstić information content (AvgIpc) is 1.86. The first-order valence-electron chi connectivity index (χ1n) is 4.28. The SMILES string of the molecule is C/C=N\C(=C/C(C)C)C(C)C. The molecule has 0 bridgehead atoms. The molecule has 0 atom stereocenters. The van der Waals surface area contributed by atoms with Crippen LogP contribution in [0, 0.1) is 11.8 Å². The lowest BCUT2D eigenvalue weighted by Crippen LogP contribution is -1.93. The lowest BCUT2D eigenvalue weighted by Gasteiger charge is -2.06. The maximum absolute atomic E-state index is 4.30. The second kappa shape index (κ2) is 5.11. The Morgan fingerprint density at radius 2 is 1.73 bits per heavy atom. The lowest BCUT2D eigenvalue weighted by molar-refractivity contribution is 0.722. The Bertz CT molecular complexity index is 152. The highest BCUT2D eigenvalue weighted by Crippen LogP contribution is 2.13. The van der Waals surface area contributed by atoms with Crippen molar-refractivity contribution < 1.29 is 0 Å². The van der Waals surface area contributed by atoms with Crippen LogP contribution in [0.2, 0.25) is 0 Å². The van der Waals surface area contributed by atoms with Crippen molar-refractivity contribution in [3.8, 4) is 0 Å². The molecule has 0 aromatic carbocycles. The first-order valence-corrected chi connectivity index (χ1v) is 4.28. The van der Waals surface area contributed by atoms with Crippen molar-refractivity contribution in [2.45, 2.75) is 34.6 Å². The van der Waals surface area contributed by atoms with Gasteiger partial charge in [-0.2, -0.15) is 0 Å². The van der Waals surface area contributed by atoms with Gasteiger partial charge >= 0.3 is 0 Å². The maximum Gasteiger partial charge on any atom is 0.0387 e. The largest absolute Gasteiger partial charge is 0.266 e. The van der Waals surface area contributed by atoms with E-state index in [4.69, 9.17) is 0 Å². The summed E-state index contributed by atoms with van der Waals surface area (Å²) >= 11 is 0. The van der Waals surface area contributed by atoms with Gasteiger partial charge in [0.25, 0.3) is 0 Å². The van der Waals surface area contributed by atoms with Crippen LogP contribution in [-0.2, 0) is 0 Å². The van der Waals surface area contributed by atoms with Crippen LogP contribution in [-0.4, -0.2) is 6.21 Å². The highest BCUT2D eigenvalue weighted by Gasteiger charge is 2.00. The number of hydrogen-bond donors (Lipinski definition) is 0. The molecule has 0 spiro atoms. The van der Waals surface area contributed by atoms with Crippen LogP contribution >= 0.6 is 0 Å². The summed E-state index contributed by atoms with van der Waals surface area (Å²) in [5.74, 6) is 1.13. The molecular formula is C10H19N. The molecule has 0 saturated heterocycles. The third kappa shape index (κ3) is 4.77. The first-order chi connectivity index (χ1) is 5.07. The van der Waals surface area contributed by atoms with E-state index >= 15 is 0 Å². The standard InChI is InChI=1S/C10H19N/c1-6-11-10(9(4)5)7-8(2)3/h6-9H,1-5H3/b10-7-,11-6-. The molecule has 0 aliphatic heterocycles. The molecule has 0 aromatic heterocycles.